The van der Waals surface area contributed by atoms with Gasteiger partial charge in [-0.3, -0.25) is 0 Å². The van der Waals surface area contributed by atoms with E-state index < -0.39 is 12.3 Å². The Balaban J connectivity index is 2.35. The van der Waals surface area contributed by atoms with E-state index in [1.54, 1.807) is 0 Å². The summed E-state index contributed by atoms with van der Waals surface area (Å²) in [6.07, 6.45) is -1.48. The molecule has 1 aliphatic carbocycles. The molecular formula is C6H9F2I. The lowest BCUT2D eigenvalue weighted by molar-refractivity contribution is 0.199. The molecule has 0 amide bonds. The summed E-state index contributed by atoms with van der Waals surface area (Å²) in [6, 6.07) is 0. The summed E-state index contributed by atoms with van der Waals surface area (Å²) < 4.78 is 25.6. The molecule has 3 atom stereocenters. The van der Waals surface area contributed by atoms with Gasteiger partial charge in [0.1, 0.15) is 12.3 Å². The Hall–Kier alpha value is 0.590. The molecule has 0 aliphatic heterocycles. The van der Waals surface area contributed by atoms with Crippen LogP contribution < -0.4 is 0 Å². The van der Waals surface area contributed by atoms with E-state index in [9.17, 15) is 8.78 Å². The zero-order chi connectivity index (χ0) is 6.85. The van der Waals surface area contributed by atoms with E-state index in [0.29, 0.717) is 12.8 Å². The second kappa shape index (κ2) is 3.12. The first kappa shape index (κ1) is 7.69. The highest BCUT2D eigenvalue weighted by Crippen LogP contribution is 2.31. The van der Waals surface area contributed by atoms with Crippen LogP contribution in [0.5, 0.6) is 0 Å². The fraction of sp³-hybridized carbons (Fsp3) is 1.00. The average Bonchev–Trinajstić information content (AvgIpc) is 2.13. The van der Waals surface area contributed by atoms with Crippen LogP contribution in [-0.2, 0) is 0 Å². The normalized spacial score (nSPS) is 43.7. The highest BCUT2D eigenvalue weighted by atomic mass is 127. The number of rotatable bonds is 1. The van der Waals surface area contributed by atoms with Crippen LogP contribution in [0.1, 0.15) is 12.8 Å². The third kappa shape index (κ3) is 1.75. The number of hydrogen-bond donors (Lipinski definition) is 0. The van der Waals surface area contributed by atoms with Crippen molar-refractivity contribution >= 4 is 22.6 Å². The highest BCUT2D eigenvalue weighted by Gasteiger charge is 2.33. The van der Waals surface area contributed by atoms with Gasteiger partial charge in [0.25, 0.3) is 0 Å². The maximum atomic E-state index is 12.4. The minimum absolute atomic E-state index is 0.288. The quantitative estimate of drug-likeness (QED) is 0.492. The smallest absolute Gasteiger partial charge is 0.131 e. The summed E-state index contributed by atoms with van der Waals surface area (Å²) >= 11 is 2.18. The Morgan fingerprint density at radius 3 is 1.89 bits per heavy atom. The minimum Gasteiger partial charge on any atom is -0.244 e. The first-order valence-electron chi connectivity index (χ1n) is 3.08. The van der Waals surface area contributed by atoms with Gasteiger partial charge in [0.2, 0.25) is 0 Å². The molecule has 0 spiro atoms. The zero-order valence-corrected chi connectivity index (χ0v) is 7.14. The molecular weight excluding hydrogens is 237 g/mol. The van der Waals surface area contributed by atoms with Crippen molar-refractivity contribution in [2.45, 2.75) is 25.2 Å². The summed E-state index contributed by atoms with van der Waals surface area (Å²) in [5.74, 6) is 0.288. The summed E-state index contributed by atoms with van der Waals surface area (Å²) in [7, 11) is 0. The molecule has 0 unspecified atom stereocenters. The Bertz CT molecular complexity index is 87.1. The van der Waals surface area contributed by atoms with Crippen molar-refractivity contribution in [1.82, 2.24) is 0 Å². The molecule has 3 heteroatoms. The van der Waals surface area contributed by atoms with E-state index in [-0.39, 0.29) is 5.92 Å². The molecule has 0 aromatic carbocycles. The van der Waals surface area contributed by atoms with Gasteiger partial charge in [-0.1, -0.05) is 22.6 Å². The van der Waals surface area contributed by atoms with Crippen molar-refractivity contribution in [3.8, 4) is 0 Å². The van der Waals surface area contributed by atoms with Crippen molar-refractivity contribution in [2.75, 3.05) is 4.43 Å². The predicted octanol–water partition coefficient (Wildman–Crippen LogP) is 2.51. The van der Waals surface area contributed by atoms with Gasteiger partial charge in [-0.2, -0.15) is 0 Å². The van der Waals surface area contributed by atoms with Crippen LogP contribution in [0, 0.1) is 5.92 Å². The first-order chi connectivity index (χ1) is 4.24. The van der Waals surface area contributed by atoms with Gasteiger partial charge in [0.05, 0.1) is 0 Å². The number of alkyl halides is 3. The molecule has 0 nitrogen and oxygen atoms in total. The monoisotopic (exact) mass is 246 g/mol. The van der Waals surface area contributed by atoms with Gasteiger partial charge in [0, 0.05) is 4.43 Å². The minimum atomic E-state index is -1.18. The second-order valence-corrected chi connectivity index (χ2v) is 3.40. The van der Waals surface area contributed by atoms with E-state index >= 15 is 0 Å². The molecule has 1 aliphatic rings. The van der Waals surface area contributed by atoms with Crippen molar-refractivity contribution in [3.05, 3.63) is 0 Å². The molecule has 0 N–H and O–H groups in total. The predicted molar refractivity (Wildman–Crippen MR) is 41.4 cm³/mol. The van der Waals surface area contributed by atoms with Crippen LogP contribution in [0.25, 0.3) is 0 Å². The standard InChI is InChI=1S/C6H9F2I/c7-5-1-4(3-9)2-6(5)8/h4-6H,1-3H2/t4-,5+,6-. The molecule has 0 aromatic heterocycles. The SMILES string of the molecule is F[C@@H]1C[C@H](CI)C[C@@H]1F. The third-order valence-electron chi connectivity index (χ3n) is 1.73. The molecule has 0 bridgehead atoms. The van der Waals surface area contributed by atoms with E-state index in [2.05, 4.69) is 22.6 Å². The average molecular weight is 246 g/mol. The summed E-state index contributed by atoms with van der Waals surface area (Å²) in [4.78, 5) is 0. The van der Waals surface area contributed by atoms with Gasteiger partial charge in [-0.15, -0.1) is 0 Å². The molecule has 1 fully saturated rings. The summed E-state index contributed by atoms with van der Waals surface area (Å²) in [5.41, 5.74) is 0. The number of halogens is 3. The highest BCUT2D eigenvalue weighted by molar-refractivity contribution is 14.1. The molecule has 0 saturated heterocycles. The zero-order valence-electron chi connectivity index (χ0n) is 4.99. The fourth-order valence-electron chi connectivity index (χ4n) is 1.15. The molecule has 0 heterocycles. The first-order valence-corrected chi connectivity index (χ1v) is 4.60. The van der Waals surface area contributed by atoms with E-state index in [4.69, 9.17) is 0 Å². The molecule has 0 aromatic rings. The van der Waals surface area contributed by atoms with Crippen LogP contribution in [0.15, 0.2) is 0 Å². The van der Waals surface area contributed by atoms with Crippen LogP contribution in [0.3, 0.4) is 0 Å². The van der Waals surface area contributed by atoms with Crippen LogP contribution in [0.4, 0.5) is 8.78 Å². The Labute approximate surface area is 67.2 Å². The van der Waals surface area contributed by atoms with Gasteiger partial charge in [-0.25, -0.2) is 8.78 Å². The number of hydrogen-bond acceptors (Lipinski definition) is 0. The fourth-order valence-corrected chi connectivity index (χ4v) is 1.87. The summed E-state index contributed by atoms with van der Waals surface area (Å²) in [6.45, 7) is 0. The van der Waals surface area contributed by atoms with Crippen molar-refractivity contribution in [3.63, 3.8) is 0 Å². The van der Waals surface area contributed by atoms with Crippen LogP contribution >= 0.6 is 22.6 Å². The Morgan fingerprint density at radius 1 is 1.22 bits per heavy atom. The third-order valence-corrected chi connectivity index (χ3v) is 2.97. The molecule has 9 heavy (non-hydrogen) atoms. The maximum absolute atomic E-state index is 12.4. The molecule has 54 valence electrons. The largest absolute Gasteiger partial charge is 0.244 e. The lowest BCUT2D eigenvalue weighted by Crippen LogP contribution is -2.06. The Kier molecular flexibility index (Phi) is 2.67. The lowest BCUT2D eigenvalue weighted by Gasteiger charge is -1.98. The summed E-state index contributed by atoms with van der Waals surface area (Å²) in [5, 5.41) is 0. The lowest BCUT2D eigenvalue weighted by atomic mass is 10.1. The Morgan fingerprint density at radius 2 is 1.67 bits per heavy atom. The molecule has 1 saturated carbocycles. The van der Waals surface area contributed by atoms with E-state index in [0.717, 1.165) is 4.43 Å². The van der Waals surface area contributed by atoms with Gasteiger partial charge in [-0.05, 0) is 18.8 Å². The van der Waals surface area contributed by atoms with Crippen molar-refractivity contribution < 1.29 is 8.78 Å². The van der Waals surface area contributed by atoms with Crippen LogP contribution in [0.2, 0.25) is 0 Å². The van der Waals surface area contributed by atoms with Gasteiger partial charge in [0.15, 0.2) is 0 Å². The van der Waals surface area contributed by atoms with Crippen molar-refractivity contribution in [1.29, 1.82) is 0 Å². The molecule has 0 radical (unpaired) electrons. The van der Waals surface area contributed by atoms with Gasteiger partial charge >= 0.3 is 0 Å². The van der Waals surface area contributed by atoms with Crippen molar-refractivity contribution in [2.24, 2.45) is 5.92 Å². The van der Waals surface area contributed by atoms with E-state index in [1.807, 2.05) is 0 Å². The van der Waals surface area contributed by atoms with Gasteiger partial charge < -0.3 is 0 Å². The van der Waals surface area contributed by atoms with E-state index in [1.165, 1.54) is 0 Å². The van der Waals surface area contributed by atoms with Crippen LogP contribution in [-0.4, -0.2) is 16.8 Å². The second-order valence-electron chi connectivity index (χ2n) is 2.52. The molecule has 1 rings (SSSR count). The maximum Gasteiger partial charge on any atom is 0.131 e. The topological polar surface area (TPSA) is 0 Å².